The van der Waals surface area contributed by atoms with E-state index >= 15 is 0 Å². The molecule has 3 aromatic rings. The van der Waals surface area contributed by atoms with E-state index in [0.717, 1.165) is 27.9 Å². The van der Waals surface area contributed by atoms with Crippen molar-refractivity contribution in [2.75, 3.05) is 12.4 Å². The minimum Gasteiger partial charge on any atom is -0.478 e. The maximum Gasteiger partial charge on any atom is 0.267 e. The highest BCUT2D eigenvalue weighted by Gasteiger charge is 2.30. The third-order valence-electron chi connectivity index (χ3n) is 4.75. The maximum absolute atomic E-state index is 12.8. The molecule has 150 valence electrons. The molecule has 0 atom stereocenters. The molecule has 0 saturated heterocycles. The molecule has 0 saturated carbocycles. The van der Waals surface area contributed by atoms with Gasteiger partial charge in [0.1, 0.15) is 5.75 Å². The van der Waals surface area contributed by atoms with Crippen LogP contribution in [0.5, 0.6) is 5.75 Å². The van der Waals surface area contributed by atoms with E-state index in [0.29, 0.717) is 12.4 Å². The number of hydrogen-bond donors (Lipinski definition) is 1. The van der Waals surface area contributed by atoms with Gasteiger partial charge in [-0.1, -0.05) is 54.6 Å². The lowest BCUT2D eigenvalue weighted by Crippen LogP contribution is -2.42. The normalized spacial score (nSPS) is 11.2. The Hall–Kier alpha value is -3.11. The first-order chi connectivity index (χ1) is 13.9. The van der Waals surface area contributed by atoms with Crippen LogP contribution in [-0.4, -0.2) is 18.6 Å². The number of carbonyl (C=O) groups excluding carboxylic acids is 1. The average molecular weight is 389 g/mol. The second-order valence-corrected chi connectivity index (χ2v) is 7.54. The minimum absolute atomic E-state index is 0.197. The first kappa shape index (κ1) is 20.6. The van der Waals surface area contributed by atoms with Crippen molar-refractivity contribution in [3.63, 3.8) is 0 Å². The van der Waals surface area contributed by atoms with Crippen molar-refractivity contribution in [2.24, 2.45) is 0 Å². The fraction of sp³-hybridized carbons (Fsp3) is 0.240. The number of nitrogens with one attached hydrogen (secondary N) is 1. The lowest BCUT2D eigenvalue weighted by Gasteiger charge is -2.26. The fourth-order valence-electron chi connectivity index (χ4n) is 2.98. The van der Waals surface area contributed by atoms with Gasteiger partial charge in [0, 0.05) is 12.8 Å². The van der Waals surface area contributed by atoms with Crippen LogP contribution in [0.15, 0.2) is 72.8 Å². The average Bonchev–Trinajstić information content (AvgIpc) is 2.71. The zero-order chi connectivity index (χ0) is 20.9. The highest BCUT2D eigenvalue weighted by Crippen LogP contribution is 2.25. The van der Waals surface area contributed by atoms with Crippen LogP contribution in [0.1, 0.15) is 25.0 Å². The molecule has 1 N–H and O–H groups in total. The summed E-state index contributed by atoms with van der Waals surface area (Å²) >= 11 is 0. The third-order valence-corrected chi connectivity index (χ3v) is 4.75. The summed E-state index contributed by atoms with van der Waals surface area (Å²) in [5.41, 5.74) is 4.07. The number of amides is 1. The van der Waals surface area contributed by atoms with Crippen molar-refractivity contribution in [1.29, 1.82) is 0 Å². The first-order valence-corrected chi connectivity index (χ1v) is 9.63. The van der Waals surface area contributed by atoms with E-state index in [2.05, 4.69) is 29.6 Å². The number of hydrogen-bond acceptors (Lipinski definition) is 3. The van der Waals surface area contributed by atoms with Gasteiger partial charge in [-0.15, -0.1) is 0 Å². The van der Waals surface area contributed by atoms with E-state index in [1.165, 1.54) is 0 Å². The van der Waals surface area contributed by atoms with Crippen molar-refractivity contribution in [2.45, 2.75) is 33.0 Å². The second kappa shape index (κ2) is 8.93. The Morgan fingerprint density at radius 1 is 0.897 bits per heavy atom. The maximum atomic E-state index is 12.8. The number of rotatable bonds is 7. The summed E-state index contributed by atoms with van der Waals surface area (Å²) < 4.78 is 11.1. The van der Waals surface area contributed by atoms with Gasteiger partial charge < -0.3 is 14.8 Å². The quantitative estimate of drug-likeness (QED) is 0.572. The monoisotopic (exact) mass is 389 g/mol. The van der Waals surface area contributed by atoms with Crippen LogP contribution < -0.4 is 10.1 Å². The van der Waals surface area contributed by atoms with Gasteiger partial charge in [-0.05, 0) is 61.2 Å². The van der Waals surface area contributed by atoms with Crippen LogP contribution >= 0.6 is 0 Å². The zero-order valence-electron chi connectivity index (χ0n) is 17.4. The molecule has 3 aromatic carbocycles. The molecular formula is C25H27NO3. The van der Waals surface area contributed by atoms with Crippen LogP contribution in [-0.2, 0) is 16.1 Å². The molecule has 3 rings (SSSR count). The predicted molar refractivity (Wildman–Crippen MR) is 117 cm³/mol. The summed E-state index contributed by atoms with van der Waals surface area (Å²) in [6.45, 7) is 6.10. The molecule has 0 aliphatic carbocycles. The fourth-order valence-corrected chi connectivity index (χ4v) is 2.98. The predicted octanol–water partition coefficient (Wildman–Crippen LogP) is 5.60. The molecule has 0 unspecified atom stereocenters. The van der Waals surface area contributed by atoms with E-state index in [1.54, 1.807) is 21.0 Å². The van der Waals surface area contributed by atoms with Gasteiger partial charge in [0.25, 0.3) is 5.91 Å². The van der Waals surface area contributed by atoms with E-state index in [-0.39, 0.29) is 5.91 Å². The number of anilines is 1. The summed E-state index contributed by atoms with van der Waals surface area (Å²) in [5.74, 6) is 0.511. The number of methoxy groups -OCH3 is 1. The van der Waals surface area contributed by atoms with Gasteiger partial charge in [-0.3, -0.25) is 4.79 Å². The number of ether oxygens (including phenoxy) is 2. The third kappa shape index (κ3) is 5.24. The minimum atomic E-state index is -0.998. The first-order valence-electron chi connectivity index (χ1n) is 9.63. The summed E-state index contributed by atoms with van der Waals surface area (Å²) in [6, 6.07) is 23.7. The van der Waals surface area contributed by atoms with E-state index < -0.39 is 5.60 Å². The molecule has 29 heavy (non-hydrogen) atoms. The molecule has 4 heteroatoms. The van der Waals surface area contributed by atoms with Crippen molar-refractivity contribution < 1.29 is 14.3 Å². The number of para-hydroxylation sites is 1. The van der Waals surface area contributed by atoms with E-state index in [9.17, 15) is 4.79 Å². The van der Waals surface area contributed by atoms with Crippen molar-refractivity contribution in [3.05, 3.63) is 83.9 Å². The largest absolute Gasteiger partial charge is 0.478 e. The summed E-state index contributed by atoms with van der Waals surface area (Å²) in [7, 11) is 1.69. The van der Waals surface area contributed by atoms with Gasteiger partial charge >= 0.3 is 0 Å². The number of benzene rings is 3. The van der Waals surface area contributed by atoms with Crippen molar-refractivity contribution in [1.82, 2.24) is 0 Å². The van der Waals surface area contributed by atoms with Gasteiger partial charge in [0.2, 0.25) is 0 Å². The molecule has 0 radical (unpaired) electrons. The van der Waals surface area contributed by atoms with Crippen LogP contribution in [0.3, 0.4) is 0 Å². The highest BCUT2D eigenvalue weighted by atomic mass is 16.5. The van der Waals surface area contributed by atoms with Gasteiger partial charge in [-0.25, -0.2) is 0 Å². The molecule has 0 aliphatic rings. The van der Waals surface area contributed by atoms with Crippen LogP contribution in [0.25, 0.3) is 11.1 Å². The molecular weight excluding hydrogens is 362 g/mol. The molecule has 0 fully saturated rings. The summed E-state index contributed by atoms with van der Waals surface area (Å²) in [6.07, 6.45) is 0. The Labute approximate surface area is 172 Å². The summed E-state index contributed by atoms with van der Waals surface area (Å²) in [5, 5.41) is 2.95. The Bertz CT molecular complexity index is 960. The Morgan fingerprint density at radius 2 is 1.48 bits per heavy atom. The van der Waals surface area contributed by atoms with E-state index in [4.69, 9.17) is 9.47 Å². The molecule has 0 bridgehead atoms. The highest BCUT2D eigenvalue weighted by molar-refractivity contribution is 5.97. The standard InChI is InChI=1S/C25H27NO3/c1-18-7-5-6-8-23(18)29-25(2,3)24(27)26-22-15-13-21(14-16-22)20-11-9-19(10-12-20)17-28-4/h5-16H,17H2,1-4H3,(H,26,27). The van der Waals surface area contributed by atoms with Crippen LogP contribution in [0, 0.1) is 6.92 Å². The van der Waals surface area contributed by atoms with Gasteiger partial charge in [0.15, 0.2) is 5.60 Å². The van der Waals surface area contributed by atoms with Crippen LogP contribution in [0.2, 0.25) is 0 Å². The lowest BCUT2D eigenvalue weighted by atomic mass is 10.0. The molecule has 0 spiro atoms. The van der Waals surface area contributed by atoms with Gasteiger partial charge in [-0.2, -0.15) is 0 Å². The molecule has 0 aromatic heterocycles. The van der Waals surface area contributed by atoms with Crippen molar-refractivity contribution in [3.8, 4) is 16.9 Å². The van der Waals surface area contributed by atoms with Crippen LogP contribution in [0.4, 0.5) is 5.69 Å². The SMILES string of the molecule is COCc1ccc(-c2ccc(NC(=O)C(C)(C)Oc3ccccc3C)cc2)cc1. The number of aryl methyl sites for hydroxylation is 1. The molecule has 1 amide bonds. The second-order valence-electron chi connectivity index (χ2n) is 7.54. The number of carbonyl (C=O) groups is 1. The smallest absolute Gasteiger partial charge is 0.267 e. The summed E-state index contributed by atoms with van der Waals surface area (Å²) in [4.78, 5) is 12.8. The van der Waals surface area contributed by atoms with E-state index in [1.807, 2.05) is 55.5 Å². The van der Waals surface area contributed by atoms with Crippen molar-refractivity contribution >= 4 is 11.6 Å². The molecule has 0 heterocycles. The molecule has 0 aliphatic heterocycles. The molecule has 4 nitrogen and oxygen atoms in total. The topological polar surface area (TPSA) is 47.6 Å². The van der Waals surface area contributed by atoms with Gasteiger partial charge in [0.05, 0.1) is 6.61 Å². The Kier molecular flexibility index (Phi) is 6.35. The Morgan fingerprint density at radius 3 is 2.07 bits per heavy atom. The lowest BCUT2D eigenvalue weighted by molar-refractivity contribution is -0.128. The Balaban J connectivity index is 1.67. The zero-order valence-corrected chi connectivity index (χ0v) is 17.4.